The molecule has 0 aliphatic carbocycles. The summed E-state index contributed by atoms with van der Waals surface area (Å²) in [5.41, 5.74) is 3.24. The Balaban J connectivity index is 1.38. The minimum Gasteiger partial charge on any atom is -0.465 e. The molecule has 2 aliphatic heterocycles. The van der Waals surface area contributed by atoms with Crippen LogP contribution in [0.25, 0.3) is 0 Å². The van der Waals surface area contributed by atoms with Crippen LogP contribution in [0.5, 0.6) is 0 Å². The normalized spacial score (nSPS) is 22.6. The first-order chi connectivity index (χ1) is 15.0. The molecule has 6 heteroatoms. The lowest BCUT2D eigenvalue weighted by atomic mass is 9.74. The van der Waals surface area contributed by atoms with E-state index in [2.05, 4.69) is 45.9 Å². The van der Waals surface area contributed by atoms with E-state index in [9.17, 15) is 4.79 Å². The Morgan fingerprint density at radius 3 is 2.50 bits per heavy atom. The van der Waals surface area contributed by atoms with Gasteiger partial charge in [0.25, 0.3) is 0 Å². The van der Waals surface area contributed by atoms with E-state index in [0.717, 1.165) is 12.8 Å². The van der Waals surface area contributed by atoms with Gasteiger partial charge in [-0.15, -0.1) is 0 Å². The maximum Gasteiger partial charge on any atom is 0.305 e. The Labute approximate surface area is 192 Å². The first-order valence-corrected chi connectivity index (χ1v) is 11.7. The van der Waals surface area contributed by atoms with E-state index in [-0.39, 0.29) is 23.4 Å². The average Bonchev–Trinajstić information content (AvgIpc) is 2.70. The van der Waals surface area contributed by atoms with Crippen LogP contribution in [0, 0.1) is 12.3 Å². The van der Waals surface area contributed by atoms with Crippen molar-refractivity contribution in [2.75, 3.05) is 33.2 Å². The van der Waals surface area contributed by atoms with Gasteiger partial charge in [-0.05, 0) is 50.2 Å². The van der Waals surface area contributed by atoms with Crippen molar-refractivity contribution < 1.29 is 28.5 Å². The first kappa shape index (κ1) is 25.2. The first-order valence-electron chi connectivity index (χ1n) is 11.7. The second kappa shape index (κ2) is 10.2. The predicted octanol–water partition coefficient (Wildman–Crippen LogP) is 4.69. The quantitative estimate of drug-likeness (QED) is 0.564. The fraction of sp³-hybridized carbons (Fsp3) is 0.731. The molecule has 180 valence electrons. The minimum absolute atomic E-state index is 0.119. The predicted molar refractivity (Wildman–Crippen MR) is 123 cm³/mol. The van der Waals surface area contributed by atoms with Gasteiger partial charge in [-0.25, -0.2) is 0 Å². The summed E-state index contributed by atoms with van der Waals surface area (Å²) in [5.74, 6) is -0.172. The molecule has 0 saturated carbocycles. The van der Waals surface area contributed by atoms with E-state index in [1.54, 1.807) is 0 Å². The SMILES string of the molecule is Cc1cc(CCCC(=O)OCCC2OCC3(COCOC3)C(C)(C)O2)cc(C(C)(C)C)c1. The molecule has 3 rings (SSSR count). The summed E-state index contributed by atoms with van der Waals surface area (Å²) in [6, 6.07) is 6.70. The Kier molecular flexibility index (Phi) is 8.02. The van der Waals surface area contributed by atoms with Crippen LogP contribution in [0.15, 0.2) is 18.2 Å². The van der Waals surface area contributed by atoms with Crippen molar-refractivity contribution in [2.45, 2.75) is 84.5 Å². The highest BCUT2D eigenvalue weighted by molar-refractivity contribution is 5.69. The van der Waals surface area contributed by atoms with Crippen LogP contribution in [0.1, 0.15) is 70.6 Å². The van der Waals surface area contributed by atoms with Gasteiger partial charge in [-0.3, -0.25) is 4.79 Å². The Morgan fingerprint density at radius 1 is 1.12 bits per heavy atom. The molecule has 0 amide bonds. The summed E-state index contributed by atoms with van der Waals surface area (Å²) >= 11 is 0. The number of esters is 1. The molecule has 0 N–H and O–H groups in total. The molecule has 2 heterocycles. The summed E-state index contributed by atoms with van der Waals surface area (Å²) in [6.07, 6.45) is 2.18. The van der Waals surface area contributed by atoms with Crippen LogP contribution in [-0.4, -0.2) is 51.1 Å². The summed E-state index contributed by atoms with van der Waals surface area (Å²) in [5, 5.41) is 0. The molecule has 2 fully saturated rings. The molecule has 2 saturated heterocycles. The van der Waals surface area contributed by atoms with Crippen LogP contribution < -0.4 is 0 Å². The third-order valence-corrected chi connectivity index (χ3v) is 6.64. The van der Waals surface area contributed by atoms with Crippen molar-refractivity contribution in [1.29, 1.82) is 0 Å². The molecule has 2 aliphatic rings. The topological polar surface area (TPSA) is 63.2 Å². The van der Waals surface area contributed by atoms with Gasteiger partial charge in [-0.2, -0.15) is 0 Å². The fourth-order valence-electron chi connectivity index (χ4n) is 4.28. The molecule has 1 atom stereocenters. The number of carbonyl (C=O) groups excluding carboxylic acids is 1. The van der Waals surface area contributed by atoms with Crippen LogP contribution in [0.3, 0.4) is 0 Å². The van der Waals surface area contributed by atoms with Gasteiger partial charge in [0, 0.05) is 12.8 Å². The number of aryl methyl sites for hydroxylation is 2. The Morgan fingerprint density at radius 2 is 1.84 bits per heavy atom. The summed E-state index contributed by atoms with van der Waals surface area (Å²) < 4.78 is 28.5. The Bertz CT molecular complexity index is 773. The van der Waals surface area contributed by atoms with E-state index in [1.807, 2.05) is 13.8 Å². The monoisotopic (exact) mass is 448 g/mol. The summed E-state index contributed by atoms with van der Waals surface area (Å²) in [4.78, 5) is 12.2. The molecule has 1 aromatic rings. The third kappa shape index (κ3) is 6.31. The van der Waals surface area contributed by atoms with Crippen molar-refractivity contribution in [3.63, 3.8) is 0 Å². The Hall–Kier alpha value is -1.47. The molecular formula is C26H40O6. The summed E-state index contributed by atoms with van der Waals surface area (Å²) in [6.45, 7) is 15.1. The van der Waals surface area contributed by atoms with Crippen molar-refractivity contribution >= 4 is 5.97 Å². The molecule has 0 aromatic heterocycles. The highest BCUT2D eigenvalue weighted by Gasteiger charge is 2.53. The van der Waals surface area contributed by atoms with Gasteiger partial charge in [0.05, 0.1) is 37.4 Å². The molecular weight excluding hydrogens is 408 g/mol. The lowest BCUT2D eigenvalue weighted by Gasteiger charge is -2.52. The zero-order valence-electron chi connectivity index (χ0n) is 20.6. The molecule has 0 radical (unpaired) electrons. The van der Waals surface area contributed by atoms with Gasteiger partial charge < -0.3 is 23.7 Å². The summed E-state index contributed by atoms with van der Waals surface area (Å²) in [7, 11) is 0. The van der Waals surface area contributed by atoms with Gasteiger partial charge in [0.2, 0.25) is 0 Å². The molecule has 1 aromatic carbocycles. The van der Waals surface area contributed by atoms with E-state index >= 15 is 0 Å². The molecule has 32 heavy (non-hydrogen) atoms. The third-order valence-electron chi connectivity index (χ3n) is 6.64. The van der Waals surface area contributed by atoms with Crippen molar-refractivity contribution in [3.8, 4) is 0 Å². The molecule has 1 unspecified atom stereocenters. The smallest absolute Gasteiger partial charge is 0.305 e. The minimum atomic E-state index is -0.444. The molecule has 0 bridgehead atoms. The molecule has 1 spiro atoms. The van der Waals surface area contributed by atoms with Crippen molar-refractivity contribution in [1.82, 2.24) is 0 Å². The van der Waals surface area contributed by atoms with E-state index in [0.29, 0.717) is 39.5 Å². The second-order valence-corrected chi connectivity index (χ2v) is 10.8. The van der Waals surface area contributed by atoms with E-state index in [4.69, 9.17) is 23.7 Å². The van der Waals surface area contributed by atoms with E-state index < -0.39 is 11.9 Å². The number of hydrogen-bond donors (Lipinski definition) is 0. The van der Waals surface area contributed by atoms with Gasteiger partial charge in [-0.1, -0.05) is 44.5 Å². The van der Waals surface area contributed by atoms with Crippen LogP contribution in [0.4, 0.5) is 0 Å². The number of hydrogen-bond acceptors (Lipinski definition) is 6. The number of benzene rings is 1. The number of rotatable bonds is 7. The van der Waals surface area contributed by atoms with E-state index in [1.165, 1.54) is 16.7 Å². The van der Waals surface area contributed by atoms with Crippen molar-refractivity contribution in [2.24, 2.45) is 5.41 Å². The van der Waals surface area contributed by atoms with Gasteiger partial charge in [0.1, 0.15) is 6.79 Å². The van der Waals surface area contributed by atoms with Gasteiger partial charge in [0.15, 0.2) is 6.29 Å². The number of carbonyl (C=O) groups is 1. The van der Waals surface area contributed by atoms with Crippen molar-refractivity contribution in [3.05, 3.63) is 34.9 Å². The highest BCUT2D eigenvalue weighted by atomic mass is 16.7. The van der Waals surface area contributed by atoms with Gasteiger partial charge >= 0.3 is 5.97 Å². The zero-order chi connectivity index (χ0) is 23.4. The standard InChI is InChI=1S/C26H40O6/c1-19-12-20(14-21(13-19)24(2,3)4)8-7-9-22(27)30-11-10-23-31-17-26(25(5,6)32-23)15-28-18-29-16-26/h12-14,23H,7-11,15-18H2,1-6H3. The fourth-order valence-corrected chi connectivity index (χ4v) is 4.28. The average molecular weight is 449 g/mol. The largest absolute Gasteiger partial charge is 0.465 e. The molecule has 6 nitrogen and oxygen atoms in total. The van der Waals surface area contributed by atoms with Crippen LogP contribution >= 0.6 is 0 Å². The lowest BCUT2D eigenvalue weighted by Crippen LogP contribution is -2.61. The maximum absolute atomic E-state index is 12.2. The lowest BCUT2D eigenvalue weighted by molar-refractivity contribution is -0.342. The number of ether oxygens (including phenoxy) is 5. The second-order valence-electron chi connectivity index (χ2n) is 10.8. The maximum atomic E-state index is 12.2. The zero-order valence-corrected chi connectivity index (χ0v) is 20.6. The van der Waals surface area contributed by atoms with Crippen LogP contribution in [-0.2, 0) is 40.3 Å². The van der Waals surface area contributed by atoms with Crippen LogP contribution in [0.2, 0.25) is 0 Å². The highest BCUT2D eigenvalue weighted by Crippen LogP contribution is 2.42.